The highest BCUT2D eigenvalue weighted by Crippen LogP contribution is 2.39. The van der Waals surface area contributed by atoms with E-state index in [0.29, 0.717) is 41.0 Å². The Balaban J connectivity index is 1.19. The van der Waals surface area contributed by atoms with Gasteiger partial charge >= 0.3 is 0 Å². The van der Waals surface area contributed by atoms with Crippen LogP contribution in [0.3, 0.4) is 0 Å². The molecule has 3 atom stereocenters. The summed E-state index contributed by atoms with van der Waals surface area (Å²) in [7, 11) is 0. The maximum absolute atomic E-state index is 13.2. The van der Waals surface area contributed by atoms with Gasteiger partial charge in [-0.3, -0.25) is 28.5 Å². The molecule has 3 amide bonds. The van der Waals surface area contributed by atoms with E-state index in [2.05, 4.69) is 36.6 Å². The molecule has 0 radical (unpaired) electrons. The average Bonchev–Trinajstić information content (AvgIpc) is 3.83. The van der Waals surface area contributed by atoms with Gasteiger partial charge in [-0.15, -0.1) is 10.2 Å². The summed E-state index contributed by atoms with van der Waals surface area (Å²) >= 11 is 1.93. The van der Waals surface area contributed by atoms with Gasteiger partial charge in [-0.25, -0.2) is 0 Å². The molecule has 0 bridgehead atoms. The summed E-state index contributed by atoms with van der Waals surface area (Å²) in [4.78, 5) is 51.2. The number of aromatic nitrogens is 6. The summed E-state index contributed by atoms with van der Waals surface area (Å²) in [5.74, 6) is 0.911. The molecule has 0 aliphatic carbocycles. The second kappa shape index (κ2) is 16.0. The van der Waals surface area contributed by atoms with Gasteiger partial charge in [-0.05, 0) is 61.1 Å². The van der Waals surface area contributed by atoms with Gasteiger partial charge in [-0.1, -0.05) is 30.7 Å². The lowest BCUT2D eigenvalue weighted by Crippen LogP contribution is -2.34. The predicted octanol–water partition coefficient (Wildman–Crippen LogP) is 2.84. The molecular weight excluding hydrogens is 606 g/mol. The van der Waals surface area contributed by atoms with Crippen LogP contribution in [0.15, 0.2) is 30.6 Å². The van der Waals surface area contributed by atoms with Crippen molar-refractivity contribution in [2.45, 2.75) is 103 Å². The van der Waals surface area contributed by atoms with E-state index < -0.39 is 0 Å². The summed E-state index contributed by atoms with van der Waals surface area (Å²) < 4.78 is 3.46. The Morgan fingerprint density at radius 1 is 0.913 bits per heavy atom. The molecular formula is C32H43N9O4S. The van der Waals surface area contributed by atoms with Crippen LogP contribution in [0.2, 0.25) is 0 Å². The van der Waals surface area contributed by atoms with Crippen LogP contribution in [-0.4, -0.2) is 70.5 Å². The van der Waals surface area contributed by atoms with Crippen LogP contribution in [0.1, 0.15) is 96.5 Å². The van der Waals surface area contributed by atoms with E-state index >= 15 is 0 Å². The quantitative estimate of drug-likeness (QED) is 0.187. The van der Waals surface area contributed by atoms with Gasteiger partial charge in [0.1, 0.15) is 17.2 Å². The molecule has 14 heteroatoms. The highest BCUT2D eigenvalue weighted by molar-refractivity contribution is 8.00. The second-order valence-electron chi connectivity index (χ2n) is 12.1. The number of ketones is 1. The molecule has 2 aliphatic rings. The fraction of sp³-hybridized carbons (Fsp3) is 0.562. The smallest absolute Gasteiger partial charge is 0.251 e. The molecule has 0 saturated carbocycles. The first kappa shape index (κ1) is 33.3. The number of rotatable bonds is 17. The van der Waals surface area contributed by atoms with Gasteiger partial charge in [-0.2, -0.15) is 11.8 Å². The number of fused-ring (bicyclic) bond motifs is 1. The maximum Gasteiger partial charge on any atom is 0.251 e. The molecule has 2 saturated heterocycles. The number of hydrogen-bond acceptors (Lipinski definition) is 9. The van der Waals surface area contributed by atoms with E-state index in [1.165, 1.54) is 6.07 Å². The van der Waals surface area contributed by atoms with Crippen LogP contribution in [0, 0.1) is 5.92 Å². The van der Waals surface area contributed by atoms with E-state index in [1.54, 1.807) is 33.9 Å². The molecule has 2 aromatic heterocycles. The number of nitrogens with zero attached hydrogens (tertiary/aromatic N) is 6. The molecule has 0 unspecified atom stereocenters. The number of nitrogens with one attached hydrogen (secondary N) is 3. The van der Waals surface area contributed by atoms with E-state index in [1.807, 2.05) is 25.6 Å². The lowest BCUT2D eigenvalue weighted by atomic mass is 9.96. The van der Waals surface area contributed by atoms with Crippen LogP contribution in [-0.2, 0) is 42.2 Å². The van der Waals surface area contributed by atoms with Crippen LogP contribution < -0.4 is 16.0 Å². The van der Waals surface area contributed by atoms with Crippen molar-refractivity contribution in [2.75, 3.05) is 5.75 Å². The van der Waals surface area contributed by atoms with Crippen molar-refractivity contribution in [3.8, 4) is 0 Å². The molecule has 4 heterocycles. The minimum atomic E-state index is -0.373. The Morgan fingerprint density at radius 2 is 1.52 bits per heavy atom. The van der Waals surface area contributed by atoms with Crippen molar-refractivity contribution in [1.29, 1.82) is 0 Å². The number of benzene rings is 1. The monoisotopic (exact) mass is 649 g/mol. The standard InChI is InChI=1S/C32H43N9O4S/c1-3-9-40-18-25(36-38-40)16-33-31(44)22-11-21(12-23(14-22)32(45)34-17-26-19-41(10-4-2)39-37-26)13-27(42)7-5-6-8-28-30-24(20-46-28)15-29(43)35-30/h11-12,14,18-19,24,28,30H,3-10,13,15-17,20H2,1-2H3,(H,33,44)(H,34,45)(H,35,43)/t24-,28-,30-/m1/s1. The van der Waals surface area contributed by atoms with E-state index in [0.717, 1.165) is 50.9 Å². The topological polar surface area (TPSA) is 166 Å². The molecule has 2 fully saturated rings. The summed E-state index contributed by atoms with van der Waals surface area (Å²) in [5.41, 5.74) is 2.44. The van der Waals surface area contributed by atoms with E-state index in [9.17, 15) is 19.2 Å². The average molecular weight is 650 g/mol. The Morgan fingerprint density at radius 3 is 2.11 bits per heavy atom. The molecule has 246 valence electrons. The molecule has 5 rings (SSSR count). The SMILES string of the molecule is CCCn1cc(CNC(=O)c2cc(CC(=O)CCCC[C@H]3SC[C@H]4CC(=O)N[C@H]43)cc(C(=O)NCc3cn(CCC)nn3)c2)nn1. The molecule has 13 nitrogen and oxygen atoms in total. The third-order valence-corrected chi connectivity index (χ3v) is 9.84. The highest BCUT2D eigenvalue weighted by atomic mass is 32.2. The lowest BCUT2D eigenvalue weighted by molar-refractivity contribution is -0.119. The van der Waals surface area contributed by atoms with Crippen molar-refractivity contribution in [2.24, 2.45) is 5.92 Å². The van der Waals surface area contributed by atoms with Crippen molar-refractivity contribution in [1.82, 2.24) is 45.9 Å². The summed E-state index contributed by atoms with van der Waals surface area (Å²) in [6.07, 6.45) is 9.22. The summed E-state index contributed by atoms with van der Waals surface area (Å²) in [5, 5.41) is 25.6. The van der Waals surface area contributed by atoms with Gasteiger partial charge in [0.05, 0.1) is 25.5 Å². The van der Waals surface area contributed by atoms with Crippen molar-refractivity contribution >= 4 is 35.3 Å². The number of aryl methyl sites for hydroxylation is 2. The maximum atomic E-state index is 13.2. The van der Waals surface area contributed by atoms with Crippen LogP contribution in [0.25, 0.3) is 0 Å². The number of amides is 3. The highest BCUT2D eigenvalue weighted by Gasteiger charge is 2.42. The van der Waals surface area contributed by atoms with Gasteiger partial charge in [0.2, 0.25) is 5.91 Å². The zero-order chi connectivity index (χ0) is 32.5. The molecule has 1 aromatic carbocycles. The first-order chi connectivity index (χ1) is 22.3. The lowest BCUT2D eigenvalue weighted by Gasteiger charge is -2.17. The second-order valence-corrected chi connectivity index (χ2v) is 13.4. The minimum Gasteiger partial charge on any atom is -0.352 e. The van der Waals surface area contributed by atoms with Crippen molar-refractivity contribution in [3.05, 3.63) is 58.7 Å². The fourth-order valence-corrected chi connectivity index (χ4v) is 7.65. The zero-order valence-corrected chi connectivity index (χ0v) is 27.4. The van der Waals surface area contributed by atoms with Gasteiger partial charge in [0, 0.05) is 54.8 Å². The summed E-state index contributed by atoms with van der Waals surface area (Å²) in [6.45, 7) is 5.95. The number of hydrogen-bond donors (Lipinski definition) is 3. The summed E-state index contributed by atoms with van der Waals surface area (Å²) in [6, 6.07) is 5.14. The fourth-order valence-electron chi connectivity index (χ4n) is 6.00. The van der Waals surface area contributed by atoms with Crippen LogP contribution >= 0.6 is 11.8 Å². The molecule has 2 aliphatic heterocycles. The van der Waals surface area contributed by atoms with Crippen LogP contribution in [0.4, 0.5) is 0 Å². The Labute approximate surface area is 273 Å². The normalized spacial score (nSPS) is 18.7. The molecule has 3 aromatic rings. The number of thioether (sulfide) groups is 1. The first-order valence-corrected chi connectivity index (χ1v) is 17.3. The molecule has 3 N–H and O–H groups in total. The van der Waals surface area contributed by atoms with Gasteiger partial charge < -0.3 is 16.0 Å². The molecule has 46 heavy (non-hydrogen) atoms. The Kier molecular flexibility index (Phi) is 11.6. The zero-order valence-electron chi connectivity index (χ0n) is 26.5. The van der Waals surface area contributed by atoms with Crippen molar-refractivity contribution < 1.29 is 19.2 Å². The third kappa shape index (κ3) is 9.02. The van der Waals surface area contributed by atoms with E-state index in [-0.39, 0.29) is 60.2 Å². The largest absolute Gasteiger partial charge is 0.352 e. The Bertz CT molecular complexity index is 1460. The van der Waals surface area contributed by atoms with Crippen molar-refractivity contribution in [3.63, 3.8) is 0 Å². The van der Waals surface area contributed by atoms with E-state index in [4.69, 9.17) is 0 Å². The number of unbranched alkanes of at least 4 members (excludes halogenated alkanes) is 1. The predicted molar refractivity (Wildman–Crippen MR) is 173 cm³/mol. The number of carbonyl (C=O) groups is 4. The Hall–Kier alpha value is -4.07. The van der Waals surface area contributed by atoms with Gasteiger partial charge in [0.15, 0.2) is 0 Å². The van der Waals surface area contributed by atoms with Crippen LogP contribution in [0.5, 0.6) is 0 Å². The minimum absolute atomic E-state index is 0.0510. The van der Waals surface area contributed by atoms with Gasteiger partial charge in [0.25, 0.3) is 11.8 Å². The first-order valence-electron chi connectivity index (χ1n) is 16.2. The third-order valence-electron chi connectivity index (χ3n) is 8.26. The number of carbonyl (C=O) groups excluding carboxylic acids is 4. The number of Topliss-reactive ketones (excluding diaryl/α,β-unsaturated/α-hetero) is 1. The molecule has 0 spiro atoms.